The maximum Gasteiger partial charge on any atom is 0.186 e. The zero-order valence-electron chi connectivity index (χ0n) is 10.4. The van der Waals surface area contributed by atoms with Crippen molar-refractivity contribution >= 4 is 23.0 Å². The fourth-order valence-corrected chi connectivity index (χ4v) is 1.99. The second-order valence-electron chi connectivity index (χ2n) is 3.86. The van der Waals surface area contributed by atoms with Gasteiger partial charge in [0.1, 0.15) is 5.75 Å². The van der Waals surface area contributed by atoms with Gasteiger partial charge in [-0.2, -0.15) is 0 Å². The summed E-state index contributed by atoms with van der Waals surface area (Å²) >= 11 is 1.25. The van der Waals surface area contributed by atoms with Gasteiger partial charge >= 0.3 is 0 Å². The molecule has 1 aromatic carbocycles. The molecule has 4 nitrogen and oxygen atoms in total. The topological polar surface area (TPSA) is 63.3 Å². The van der Waals surface area contributed by atoms with E-state index in [1.807, 2.05) is 18.2 Å². The first-order valence-electron chi connectivity index (χ1n) is 5.71. The number of nitrogens with zero attached hydrogens (tertiary/aromatic N) is 1. The van der Waals surface area contributed by atoms with Crippen molar-refractivity contribution in [3.05, 3.63) is 42.1 Å². The number of hydrogen-bond acceptors (Lipinski definition) is 5. The number of benzene rings is 1. The zero-order chi connectivity index (χ0) is 13.7. The minimum Gasteiger partial charge on any atom is -0.507 e. The predicted molar refractivity (Wildman–Crippen MR) is 75.8 cm³/mol. The normalized spacial score (nSPS) is 11.0. The lowest BCUT2D eigenvalue weighted by Crippen LogP contribution is -1.82. The van der Waals surface area contributed by atoms with Gasteiger partial charge in [-0.15, -0.1) is 0 Å². The molecule has 98 valence electrons. The summed E-state index contributed by atoms with van der Waals surface area (Å²) in [6, 6.07) is 6.90. The van der Waals surface area contributed by atoms with Crippen molar-refractivity contribution in [3.8, 4) is 17.1 Å². The molecule has 0 radical (unpaired) electrons. The first-order chi connectivity index (χ1) is 9.16. The summed E-state index contributed by atoms with van der Waals surface area (Å²) in [7, 11) is 0. The molecule has 1 N–H and O–H groups in total. The van der Waals surface area contributed by atoms with E-state index in [1.54, 1.807) is 25.1 Å². The minimum atomic E-state index is 0.0951. The Balaban J connectivity index is 2.15. The molecule has 0 saturated carbocycles. The standard InChI is InChI=1S/C14H13NO3S/c1-10(16)19-8-2-3-11-4-5-13(17)12(9-11)14-6-7-15-18-14/h2-7,9,17H,8H2,1H3. The summed E-state index contributed by atoms with van der Waals surface area (Å²) in [5.41, 5.74) is 1.52. The van der Waals surface area contributed by atoms with Crippen LogP contribution < -0.4 is 0 Å². The Hall–Kier alpha value is -2.01. The van der Waals surface area contributed by atoms with Gasteiger partial charge in [0.25, 0.3) is 0 Å². The summed E-state index contributed by atoms with van der Waals surface area (Å²) in [6.07, 6.45) is 5.33. The highest BCUT2D eigenvalue weighted by Crippen LogP contribution is 2.30. The maximum atomic E-state index is 10.8. The Morgan fingerprint density at radius 1 is 1.47 bits per heavy atom. The largest absolute Gasteiger partial charge is 0.507 e. The number of phenols is 1. The van der Waals surface area contributed by atoms with E-state index in [2.05, 4.69) is 5.16 Å². The Morgan fingerprint density at radius 3 is 3.00 bits per heavy atom. The highest BCUT2D eigenvalue weighted by Gasteiger charge is 2.07. The van der Waals surface area contributed by atoms with Crippen molar-refractivity contribution in [3.63, 3.8) is 0 Å². The van der Waals surface area contributed by atoms with Crippen LogP contribution in [-0.2, 0) is 4.79 Å². The third kappa shape index (κ3) is 3.72. The van der Waals surface area contributed by atoms with Gasteiger partial charge in [-0.1, -0.05) is 35.1 Å². The lowest BCUT2D eigenvalue weighted by molar-refractivity contribution is -0.109. The number of thioether (sulfide) groups is 1. The van der Waals surface area contributed by atoms with Crippen molar-refractivity contribution < 1.29 is 14.4 Å². The maximum absolute atomic E-state index is 10.8. The molecule has 0 atom stereocenters. The van der Waals surface area contributed by atoms with Crippen LogP contribution in [0.4, 0.5) is 0 Å². The quantitative estimate of drug-likeness (QED) is 0.927. The van der Waals surface area contributed by atoms with Crippen LogP contribution in [0.1, 0.15) is 12.5 Å². The smallest absolute Gasteiger partial charge is 0.186 e. The molecule has 0 aliphatic heterocycles. The molecule has 2 aromatic rings. The van der Waals surface area contributed by atoms with Crippen molar-refractivity contribution in [2.45, 2.75) is 6.92 Å². The molecule has 5 heteroatoms. The second-order valence-corrected chi connectivity index (χ2v) is 5.06. The van der Waals surface area contributed by atoms with Crippen molar-refractivity contribution in [2.24, 2.45) is 0 Å². The molecular formula is C14H13NO3S. The molecule has 0 bridgehead atoms. The molecule has 0 spiro atoms. The number of rotatable bonds is 4. The number of aromatic nitrogens is 1. The van der Waals surface area contributed by atoms with Crippen LogP contribution in [0.2, 0.25) is 0 Å². The van der Waals surface area contributed by atoms with Crippen LogP contribution in [0.15, 0.2) is 41.1 Å². The molecule has 19 heavy (non-hydrogen) atoms. The molecule has 1 aromatic heterocycles. The lowest BCUT2D eigenvalue weighted by Gasteiger charge is -2.02. The highest BCUT2D eigenvalue weighted by molar-refractivity contribution is 8.13. The van der Waals surface area contributed by atoms with Crippen LogP contribution in [0.3, 0.4) is 0 Å². The van der Waals surface area contributed by atoms with E-state index >= 15 is 0 Å². The summed E-state index contributed by atoms with van der Waals surface area (Å²) < 4.78 is 5.03. The molecule has 0 amide bonds. The second kappa shape index (κ2) is 6.24. The Kier molecular flexibility index (Phi) is 4.41. The van der Waals surface area contributed by atoms with Crippen LogP contribution in [0.25, 0.3) is 17.4 Å². The van der Waals surface area contributed by atoms with E-state index in [0.29, 0.717) is 17.1 Å². The fourth-order valence-electron chi connectivity index (χ4n) is 1.56. The third-order valence-corrected chi connectivity index (χ3v) is 3.18. The van der Waals surface area contributed by atoms with E-state index in [4.69, 9.17) is 4.52 Å². The average molecular weight is 275 g/mol. The van der Waals surface area contributed by atoms with Gasteiger partial charge in [-0.05, 0) is 17.7 Å². The summed E-state index contributed by atoms with van der Waals surface area (Å²) in [6.45, 7) is 1.54. The average Bonchev–Trinajstić information content (AvgIpc) is 2.90. The minimum absolute atomic E-state index is 0.0951. The number of carbonyl (C=O) groups excluding carboxylic acids is 1. The zero-order valence-corrected chi connectivity index (χ0v) is 11.2. The number of carbonyl (C=O) groups is 1. The number of phenolic OH excluding ortho intramolecular Hbond substituents is 1. The van der Waals surface area contributed by atoms with Gasteiger partial charge < -0.3 is 9.63 Å². The molecule has 0 aliphatic rings. The molecule has 0 fully saturated rings. The summed E-state index contributed by atoms with van der Waals surface area (Å²) in [5.74, 6) is 1.30. The molecule has 2 rings (SSSR count). The Bertz CT molecular complexity index is 591. The first kappa shape index (κ1) is 13.4. The van der Waals surface area contributed by atoms with E-state index in [9.17, 15) is 9.90 Å². The Labute approximate surface area is 115 Å². The Morgan fingerprint density at radius 2 is 2.32 bits per heavy atom. The van der Waals surface area contributed by atoms with Crippen molar-refractivity contribution in [1.82, 2.24) is 5.16 Å². The molecule has 0 aliphatic carbocycles. The van der Waals surface area contributed by atoms with E-state index in [0.717, 1.165) is 5.56 Å². The van der Waals surface area contributed by atoms with Crippen LogP contribution in [-0.4, -0.2) is 21.1 Å². The van der Waals surface area contributed by atoms with Crippen LogP contribution in [0.5, 0.6) is 5.75 Å². The predicted octanol–water partition coefficient (Wildman–Crippen LogP) is 3.34. The van der Waals surface area contributed by atoms with Gasteiger partial charge in [0, 0.05) is 18.7 Å². The number of hydrogen-bond donors (Lipinski definition) is 1. The van der Waals surface area contributed by atoms with Crippen LogP contribution >= 0.6 is 11.8 Å². The van der Waals surface area contributed by atoms with Gasteiger partial charge in [0.15, 0.2) is 10.9 Å². The third-order valence-electron chi connectivity index (χ3n) is 2.42. The monoisotopic (exact) mass is 275 g/mol. The van der Waals surface area contributed by atoms with Crippen molar-refractivity contribution in [1.29, 1.82) is 0 Å². The van der Waals surface area contributed by atoms with E-state index < -0.39 is 0 Å². The van der Waals surface area contributed by atoms with Gasteiger partial charge in [0.05, 0.1) is 11.8 Å². The lowest BCUT2D eigenvalue weighted by atomic mass is 10.1. The van der Waals surface area contributed by atoms with Gasteiger partial charge in [-0.25, -0.2) is 0 Å². The van der Waals surface area contributed by atoms with Gasteiger partial charge in [-0.3, -0.25) is 4.79 Å². The van der Waals surface area contributed by atoms with Crippen molar-refractivity contribution in [2.75, 3.05) is 5.75 Å². The van der Waals surface area contributed by atoms with E-state index in [1.165, 1.54) is 18.0 Å². The molecule has 0 saturated heterocycles. The molecule has 1 heterocycles. The highest BCUT2D eigenvalue weighted by atomic mass is 32.2. The first-order valence-corrected chi connectivity index (χ1v) is 6.69. The molecular weight excluding hydrogens is 262 g/mol. The van der Waals surface area contributed by atoms with Crippen LogP contribution in [0, 0.1) is 0 Å². The fraction of sp³-hybridized carbons (Fsp3) is 0.143. The SMILES string of the molecule is CC(=O)SCC=Cc1ccc(O)c(-c2ccno2)c1. The molecule has 0 unspecified atom stereocenters. The van der Waals surface area contributed by atoms with Gasteiger partial charge in [0.2, 0.25) is 0 Å². The van der Waals surface area contributed by atoms with E-state index in [-0.39, 0.29) is 10.9 Å². The summed E-state index contributed by atoms with van der Waals surface area (Å²) in [5, 5.41) is 13.5. The number of aromatic hydroxyl groups is 1. The summed E-state index contributed by atoms with van der Waals surface area (Å²) in [4.78, 5) is 10.8.